The van der Waals surface area contributed by atoms with Gasteiger partial charge in [-0.15, -0.1) is 11.3 Å². The van der Waals surface area contributed by atoms with Gasteiger partial charge in [0.2, 0.25) is 5.91 Å². The van der Waals surface area contributed by atoms with Gasteiger partial charge < -0.3 is 10.0 Å². The summed E-state index contributed by atoms with van der Waals surface area (Å²) >= 11 is 1.59. The predicted molar refractivity (Wildman–Crippen MR) is 81.8 cm³/mol. The quantitative estimate of drug-likeness (QED) is 0.927. The lowest BCUT2D eigenvalue weighted by molar-refractivity contribution is -0.141. The molecule has 4 nitrogen and oxygen atoms in total. The third kappa shape index (κ3) is 3.81. The first-order valence-electron chi connectivity index (χ1n) is 7.11. The molecular formula is C15H24N2O2S. The van der Waals surface area contributed by atoms with Crippen molar-refractivity contribution in [2.45, 2.75) is 26.9 Å². The Hall–Kier alpha value is -0.910. The van der Waals surface area contributed by atoms with Crippen LogP contribution in [0.15, 0.2) is 17.5 Å². The molecule has 1 N–H and O–H groups in total. The van der Waals surface area contributed by atoms with Gasteiger partial charge in [0.25, 0.3) is 0 Å². The van der Waals surface area contributed by atoms with Crippen LogP contribution in [-0.4, -0.2) is 53.5 Å². The molecule has 1 atom stereocenters. The van der Waals surface area contributed by atoms with Gasteiger partial charge >= 0.3 is 0 Å². The Morgan fingerprint density at radius 2 is 2.00 bits per heavy atom. The van der Waals surface area contributed by atoms with Crippen LogP contribution < -0.4 is 0 Å². The zero-order valence-electron chi connectivity index (χ0n) is 12.5. The number of thiophene rings is 1. The van der Waals surface area contributed by atoms with Gasteiger partial charge in [-0.2, -0.15) is 0 Å². The summed E-state index contributed by atoms with van der Waals surface area (Å²) in [5.74, 6) is 0.218. The summed E-state index contributed by atoms with van der Waals surface area (Å²) in [5, 5.41) is 12.1. The number of hydrogen-bond donors (Lipinski definition) is 1. The summed E-state index contributed by atoms with van der Waals surface area (Å²) in [4.78, 5) is 17.4. The maximum absolute atomic E-state index is 12.2. The van der Waals surface area contributed by atoms with Gasteiger partial charge in [0.15, 0.2) is 0 Å². The minimum absolute atomic E-state index is 0.218. The number of carbonyl (C=O) groups is 1. The monoisotopic (exact) mass is 296 g/mol. The van der Waals surface area contributed by atoms with Gasteiger partial charge in [-0.1, -0.05) is 26.8 Å². The summed E-state index contributed by atoms with van der Waals surface area (Å²) in [6.45, 7) is 9.72. The number of rotatable bonds is 3. The highest BCUT2D eigenvalue weighted by Gasteiger charge is 2.30. The van der Waals surface area contributed by atoms with Crippen molar-refractivity contribution in [3.05, 3.63) is 22.4 Å². The first-order chi connectivity index (χ1) is 9.38. The average Bonchev–Trinajstić information content (AvgIpc) is 2.91. The van der Waals surface area contributed by atoms with Crippen molar-refractivity contribution in [3.8, 4) is 0 Å². The molecule has 1 amide bonds. The molecule has 1 aliphatic rings. The predicted octanol–water partition coefficient (Wildman–Crippen LogP) is 1.97. The van der Waals surface area contributed by atoms with E-state index in [1.807, 2.05) is 43.2 Å². The van der Waals surface area contributed by atoms with E-state index in [1.54, 1.807) is 11.3 Å². The Labute approximate surface area is 125 Å². The van der Waals surface area contributed by atoms with Crippen molar-refractivity contribution in [2.75, 3.05) is 32.7 Å². The maximum atomic E-state index is 12.2. The minimum Gasteiger partial charge on any atom is -0.386 e. The fourth-order valence-electron chi connectivity index (χ4n) is 2.42. The summed E-state index contributed by atoms with van der Waals surface area (Å²) in [7, 11) is 0. The van der Waals surface area contributed by atoms with Gasteiger partial charge in [-0.05, 0) is 11.4 Å². The smallest absolute Gasteiger partial charge is 0.228 e. The van der Waals surface area contributed by atoms with Crippen LogP contribution in [0.1, 0.15) is 31.8 Å². The summed E-state index contributed by atoms with van der Waals surface area (Å²) in [6.07, 6.45) is -0.417. The molecule has 0 spiro atoms. The molecule has 0 aromatic carbocycles. The van der Waals surface area contributed by atoms with Crippen molar-refractivity contribution in [3.63, 3.8) is 0 Å². The van der Waals surface area contributed by atoms with E-state index in [1.165, 1.54) is 0 Å². The molecule has 0 saturated carbocycles. The standard InChI is InChI=1S/C15H24N2O2S/c1-15(2,3)14(19)17-8-6-16(7-9-17)11-12(18)13-5-4-10-20-13/h4-5,10,12,18H,6-9,11H2,1-3H3/t12-/m0/s1. The summed E-state index contributed by atoms with van der Waals surface area (Å²) < 4.78 is 0. The van der Waals surface area contributed by atoms with Crippen LogP contribution in [0, 0.1) is 5.41 Å². The molecule has 20 heavy (non-hydrogen) atoms. The molecule has 1 aliphatic heterocycles. The third-order valence-electron chi connectivity index (χ3n) is 3.60. The molecule has 5 heteroatoms. The van der Waals surface area contributed by atoms with Crippen molar-refractivity contribution >= 4 is 17.2 Å². The van der Waals surface area contributed by atoms with E-state index >= 15 is 0 Å². The van der Waals surface area contributed by atoms with Crippen LogP contribution in [0.5, 0.6) is 0 Å². The van der Waals surface area contributed by atoms with Gasteiger partial charge in [0.1, 0.15) is 6.10 Å². The van der Waals surface area contributed by atoms with Crippen LogP contribution >= 0.6 is 11.3 Å². The lowest BCUT2D eigenvalue weighted by Crippen LogP contribution is -2.52. The minimum atomic E-state index is -0.417. The average molecular weight is 296 g/mol. The van der Waals surface area contributed by atoms with Crippen LogP contribution in [-0.2, 0) is 4.79 Å². The second-order valence-corrected chi connectivity index (χ2v) is 7.35. The normalized spacial score (nSPS) is 19.1. The Bertz CT molecular complexity index is 431. The SMILES string of the molecule is CC(C)(C)C(=O)N1CCN(C[C@H](O)c2cccs2)CC1. The van der Waals surface area contributed by atoms with E-state index in [0.717, 1.165) is 31.1 Å². The van der Waals surface area contributed by atoms with Crippen LogP contribution in [0.3, 0.4) is 0 Å². The molecule has 2 rings (SSSR count). The Morgan fingerprint density at radius 3 is 2.50 bits per heavy atom. The number of piperazine rings is 1. The number of amides is 1. The lowest BCUT2D eigenvalue weighted by atomic mass is 9.94. The zero-order valence-corrected chi connectivity index (χ0v) is 13.3. The molecule has 1 saturated heterocycles. The van der Waals surface area contributed by atoms with E-state index in [9.17, 15) is 9.90 Å². The third-order valence-corrected chi connectivity index (χ3v) is 4.58. The molecule has 112 valence electrons. The molecule has 1 fully saturated rings. The molecular weight excluding hydrogens is 272 g/mol. The number of β-amino-alcohol motifs (C(OH)–C–C–N with tert-alkyl or cyclic N) is 1. The van der Waals surface area contributed by atoms with Gasteiger partial charge in [0.05, 0.1) is 0 Å². The van der Waals surface area contributed by atoms with Gasteiger partial charge in [-0.3, -0.25) is 9.69 Å². The van der Waals surface area contributed by atoms with Gasteiger partial charge in [-0.25, -0.2) is 0 Å². The summed E-state index contributed by atoms with van der Waals surface area (Å²) in [5.41, 5.74) is -0.307. The molecule has 1 aromatic rings. The van der Waals surface area contributed by atoms with Crippen molar-refractivity contribution in [2.24, 2.45) is 5.41 Å². The second-order valence-electron chi connectivity index (χ2n) is 6.37. The number of aliphatic hydroxyl groups excluding tert-OH is 1. The van der Waals surface area contributed by atoms with Crippen molar-refractivity contribution < 1.29 is 9.90 Å². The molecule has 0 radical (unpaired) electrons. The fourth-order valence-corrected chi connectivity index (χ4v) is 3.13. The molecule has 1 aromatic heterocycles. The first-order valence-corrected chi connectivity index (χ1v) is 7.99. The molecule has 0 bridgehead atoms. The number of hydrogen-bond acceptors (Lipinski definition) is 4. The Morgan fingerprint density at radius 1 is 1.35 bits per heavy atom. The maximum Gasteiger partial charge on any atom is 0.228 e. The van der Waals surface area contributed by atoms with Crippen LogP contribution in [0.2, 0.25) is 0 Å². The van der Waals surface area contributed by atoms with E-state index in [4.69, 9.17) is 0 Å². The van der Waals surface area contributed by atoms with E-state index in [-0.39, 0.29) is 11.3 Å². The van der Waals surface area contributed by atoms with E-state index in [2.05, 4.69) is 4.90 Å². The molecule has 0 unspecified atom stereocenters. The highest BCUT2D eigenvalue weighted by molar-refractivity contribution is 7.10. The second kappa shape index (κ2) is 6.24. The van der Waals surface area contributed by atoms with Crippen LogP contribution in [0.4, 0.5) is 0 Å². The fraction of sp³-hybridized carbons (Fsp3) is 0.667. The first kappa shape index (κ1) is 15.5. The van der Waals surface area contributed by atoms with Gasteiger partial charge in [0, 0.05) is 43.0 Å². The molecule has 0 aliphatic carbocycles. The highest BCUT2D eigenvalue weighted by Crippen LogP contribution is 2.22. The largest absolute Gasteiger partial charge is 0.386 e. The Kier molecular flexibility index (Phi) is 4.83. The van der Waals surface area contributed by atoms with E-state index < -0.39 is 6.10 Å². The highest BCUT2D eigenvalue weighted by atomic mass is 32.1. The van der Waals surface area contributed by atoms with Crippen molar-refractivity contribution in [1.82, 2.24) is 9.80 Å². The number of aliphatic hydroxyl groups is 1. The topological polar surface area (TPSA) is 43.8 Å². The van der Waals surface area contributed by atoms with Crippen LogP contribution in [0.25, 0.3) is 0 Å². The number of carbonyl (C=O) groups excluding carboxylic acids is 1. The number of nitrogens with zero attached hydrogens (tertiary/aromatic N) is 2. The van der Waals surface area contributed by atoms with E-state index in [0.29, 0.717) is 6.54 Å². The molecule has 2 heterocycles. The zero-order chi connectivity index (χ0) is 14.8. The van der Waals surface area contributed by atoms with Crippen molar-refractivity contribution in [1.29, 1.82) is 0 Å². The Balaban J connectivity index is 1.81. The summed E-state index contributed by atoms with van der Waals surface area (Å²) in [6, 6.07) is 3.93. The lowest BCUT2D eigenvalue weighted by Gasteiger charge is -2.38.